The predicted octanol–water partition coefficient (Wildman–Crippen LogP) is 2.80. The molecular weight excluding hydrogens is 380 g/mol. The standard InChI is InChI=1S/C19H18N4O4S/c1-27-19(24)23-16-4-6-17(7-5-16)28(25,26)22-13-15-3-2-10-21-18(15)14-8-11-20-12-9-14/h2-12,22H,13H2,1H3,(H,23,24). The molecule has 1 amide bonds. The van der Waals surface area contributed by atoms with Crippen LogP contribution in [0.5, 0.6) is 0 Å². The molecule has 3 aromatic rings. The summed E-state index contributed by atoms with van der Waals surface area (Å²) in [6, 6.07) is 13.0. The van der Waals surface area contributed by atoms with Gasteiger partial charge in [0, 0.05) is 36.4 Å². The van der Waals surface area contributed by atoms with Crippen molar-refractivity contribution in [1.82, 2.24) is 14.7 Å². The zero-order chi connectivity index (χ0) is 20.0. The molecule has 144 valence electrons. The van der Waals surface area contributed by atoms with Crippen molar-refractivity contribution in [3.8, 4) is 11.3 Å². The topological polar surface area (TPSA) is 110 Å². The molecule has 0 bridgehead atoms. The summed E-state index contributed by atoms with van der Waals surface area (Å²) in [5.74, 6) is 0. The summed E-state index contributed by atoms with van der Waals surface area (Å²) in [6.07, 6.45) is 4.33. The van der Waals surface area contributed by atoms with Crippen molar-refractivity contribution >= 4 is 21.8 Å². The number of hydrogen-bond acceptors (Lipinski definition) is 6. The Kier molecular flexibility index (Phi) is 5.97. The number of methoxy groups -OCH3 is 1. The maximum atomic E-state index is 12.6. The summed E-state index contributed by atoms with van der Waals surface area (Å²) in [5.41, 5.74) is 2.70. The number of sulfonamides is 1. The number of nitrogens with zero attached hydrogens (tertiary/aromatic N) is 2. The molecule has 0 radical (unpaired) electrons. The minimum atomic E-state index is -3.74. The van der Waals surface area contributed by atoms with Gasteiger partial charge in [-0.3, -0.25) is 15.3 Å². The Labute approximate surface area is 162 Å². The molecule has 0 fully saturated rings. The lowest BCUT2D eigenvalue weighted by Crippen LogP contribution is -2.23. The third kappa shape index (κ3) is 4.70. The summed E-state index contributed by atoms with van der Waals surface area (Å²) in [7, 11) is -2.50. The Hall–Kier alpha value is -3.30. The average Bonchev–Trinajstić information content (AvgIpc) is 2.73. The van der Waals surface area contributed by atoms with Crippen LogP contribution < -0.4 is 10.0 Å². The summed E-state index contributed by atoms with van der Waals surface area (Å²) >= 11 is 0. The summed E-state index contributed by atoms with van der Waals surface area (Å²) < 4.78 is 32.3. The Bertz CT molecular complexity index is 1050. The lowest BCUT2D eigenvalue weighted by atomic mass is 10.1. The van der Waals surface area contributed by atoms with E-state index in [0.29, 0.717) is 11.4 Å². The van der Waals surface area contributed by atoms with Crippen LogP contribution in [0.25, 0.3) is 11.3 Å². The first-order valence-electron chi connectivity index (χ1n) is 8.28. The molecule has 8 nitrogen and oxygen atoms in total. The van der Waals surface area contributed by atoms with E-state index in [9.17, 15) is 13.2 Å². The normalized spacial score (nSPS) is 11.0. The van der Waals surface area contributed by atoms with Gasteiger partial charge in [0.1, 0.15) is 0 Å². The summed E-state index contributed by atoms with van der Waals surface area (Å²) in [6.45, 7) is 0.0794. The minimum Gasteiger partial charge on any atom is -0.453 e. The number of aromatic nitrogens is 2. The number of hydrogen-bond donors (Lipinski definition) is 2. The molecule has 1 aromatic carbocycles. The third-order valence-corrected chi connectivity index (χ3v) is 5.31. The first kappa shape index (κ1) is 19.5. The molecule has 0 unspecified atom stereocenters. The van der Waals surface area contributed by atoms with Gasteiger partial charge in [-0.1, -0.05) is 6.07 Å². The number of rotatable bonds is 6. The fraction of sp³-hybridized carbons (Fsp3) is 0.105. The zero-order valence-electron chi connectivity index (χ0n) is 15.0. The number of pyridine rings is 2. The second-order valence-electron chi connectivity index (χ2n) is 5.71. The number of benzene rings is 1. The van der Waals surface area contributed by atoms with E-state index in [1.54, 1.807) is 24.7 Å². The number of anilines is 1. The second kappa shape index (κ2) is 8.59. The lowest BCUT2D eigenvalue weighted by molar-refractivity contribution is 0.187. The maximum Gasteiger partial charge on any atom is 0.411 e. The number of amides is 1. The Morgan fingerprint density at radius 3 is 2.43 bits per heavy atom. The van der Waals surface area contributed by atoms with Gasteiger partial charge in [-0.05, 0) is 48.0 Å². The van der Waals surface area contributed by atoms with E-state index in [4.69, 9.17) is 0 Å². The summed E-state index contributed by atoms with van der Waals surface area (Å²) in [5, 5.41) is 2.46. The quantitative estimate of drug-likeness (QED) is 0.661. The molecule has 0 atom stereocenters. The van der Waals surface area contributed by atoms with Crippen molar-refractivity contribution < 1.29 is 17.9 Å². The summed E-state index contributed by atoms with van der Waals surface area (Å²) in [4.78, 5) is 19.6. The van der Waals surface area contributed by atoms with E-state index in [1.165, 1.54) is 31.4 Å². The highest BCUT2D eigenvalue weighted by molar-refractivity contribution is 7.89. The Morgan fingerprint density at radius 1 is 1.04 bits per heavy atom. The van der Waals surface area contributed by atoms with Crippen molar-refractivity contribution in [2.75, 3.05) is 12.4 Å². The molecule has 0 aliphatic carbocycles. The molecule has 2 heterocycles. The van der Waals surface area contributed by atoms with Crippen LogP contribution >= 0.6 is 0 Å². The Morgan fingerprint density at radius 2 is 1.75 bits per heavy atom. The predicted molar refractivity (Wildman–Crippen MR) is 104 cm³/mol. The number of carbonyl (C=O) groups is 1. The van der Waals surface area contributed by atoms with Crippen LogP contribution in [0.4, 0.5) is 10.5 Å². The molecular formula is C19H18N4O4S. The van der Waals surface area contributed by atoms with Crippen LogP contribution in [0.1, 0.15) is 5.56 Å². The highest BCUT2D eigenvalue weighted by Crippen LogP contribution is 2.21. The SMILES string of the molecule is COC(=O)Nc1ccc(S(=O)(=O)NCc2cccnc2-c2ccncc2)cc1. The molecule has 9 heteroatoms. The van der Waals surface area contributed by atoms with Crippen molar-refractivity contribution in [1.29, 1.82) is 0 Å². The highest BCUT2D eigenvalue weighted by Gasteiger charge is 2.15. The molecule has 2 N–H and O–H groups in total. The van der Waals surface area contributed by atoms with Gasteiger partial charge in [0.25, 0.3) is 0 Å². The third-order valence-electron chi connectivity index (χ3n) is 3.89. The van der Waals surface area contributed by atoms with E-state index >= 15 is 0 Å². The van der Waals surface area contributed by atoms with E-state index in [0.717, 1.165) is 11.1 Å². The smallest absolute Gasteiger partial charge is 0.411 e. The van der Waals surface area contributed by atoms with Crippen molar-refractivity contribution in [3.63, 3.8) is 0 Å². The van der Waals surface area contributed by atoms with Crippen LogP contribution in [0.15, 0.2) is 72.0 Å². The van der Waals surface area contributed by atoms with Gasteiger partial charge in [0.2, 0.25) is 10.0 Å². The van der Waals surface area contributed by atoms with Crippen molar-refractivity contribution in [2.24, 2.45) is 0 Å². The maximum absolute atomic E-state index is 12.6. The lowest BCUT2D eigenvalue weighted by Gasteiger charge is -2.11. The molecule has 3 rings (SSSR count). The number of nitrogens with one attached hydrogen (secondary N) is 2. The molecule has 0 aliphatic rings. The van der Waals surface area contributed by atoms with Gasteiger partial charge in [0.05, 0.1) is 17.7 Å². The minimum absolute atomic E-state index is 0.0794. The number of carbonyl (C=O) groups excluding carboxylic acids is 1. The molecule has 0 spiro atoms. The molecule has 0 saturated carbocycles. The largest absolute Gasteiger partial charge is 0.453 e. The average molecular weight is 398 g/mol. The molecule has 0 aliphatic heterocycles. The van der Waals surface area contributed by atoms with Gasteiger partial charge in [0.15, 0.2) is 0 Å². The Balaban J connectivity index is 1.75. The fourth-order valence-corrected chi connectivity index (χ4v) is 3.50. The zero-order valence-corrected chi connectivity index (χ0v) is 15.8. The second-order valence-corrected chi connectivity index (χ2v) is 7.48. The van der Waals surface area contributed by atoms with Crippen LogP contribution in [-0.2, 0) is 21.3 Å². The van der Waals surface area contributed by atoms with Crippen LogP contribution in [0, 0.1) is 0 Å². The van der Waals surface area contributed by atoms with Gasteiger partial charge in [-0.2, -0.15) is 0 Å². The molecule has 0 saturated heterocycles. The van der Waals surface area contributed by atoms with E-state index in [2.05, 4.69) is 24.7 Å². The van der Waals surface area contributed by atoms with Gasteiger partial charge >= 0.3 is 6.09 Å². The fourth-order valence-electron chi connectivity index (χ4n) is 2.49. The van der Waals surface area contributed by atoms with E-state index in [1.807, 2.05) is 18.2 Å². The van der Waals surface area contributed by atoms with Crippen molar-refractivity contribution in [2.45, 2.75) is 11.4 Å². The first-order valence-corrected chi connectivity index (χ1v) is 9.77. The van der Waals surface area contributed by atoms with Crippen LogP contribution in [0.3, 0.4) is 0 Å². The highest BCUT2D eigenvalue weighted by atomic mass is 32.2. The van der Waals surface area contributed by atoms with Gasteiger partial charge in [-0.25, -0.2) is 17.9 Å². The number of ether oxygens (including phenoxy) is 1. The van der Waals surface area contributed by atoms with Crippen LogP contribution in [0.2, 0.25) is 0 Å². The first-order chi connectivity index (χ1) is 13.5. The van der Waals surface area contributed by atoms with Gasteiger partial charge < -0.3 is 4.74 Å². The van der Waals surface area contributed by atoms with Gasteiger partial charge in [-0.15, -0.1) is 0 Å². The van der Waals surface area contributed by atoms with Crippen LogP contribution in [-0.4, -0.2) is 31.6 Å². The monoisotopic (exact) mass is 398 g/mol. The van der Waals surface area contributed by atoms with E-state index < -0.39 is 16.1 Å². The molecule has 28 heavy (non-hydrogen) atoms. The van der Waals surface area contributed by atoms with Crippen molar-refractivity contribution in [3.05, 3.63) is 72.7 Å². The van der Waals surface area contributed by atoms with E-state index in [-0.39, 0.29) is 11.4 Å². The molecule has 2 aromatic heterocycles.